The van der Waals surface area contributed by atoms with E-state index in [-0.39, 0.29) is 29.9 Å². The van der Waals surface area contributed by atoms with Crippen molar-refractivity contribution in [1.29, 1.82) is 5.26 Å². The largest absolute Gasteiger partial charge is 0.353 e. The van der Waals surface area contributed by atoms with Gasteiger partial charge in [-0.3, -0.25) is 14.9 Å². The molecule has 0 radical (unpaired) electrons. The highest BCUT2D eigenvalue weighted by Crippen LogP contribution is 2.42. The fourth-order valence-electron chi connectivity index (χ4n) is 6.18. The van der Waals surface area contributed by atoms with E-state index in [4.69, 9.17) is 14.7 Å². The van der Waals surface area contributed by atoms with E-state index in [1.165, 1.54) is 0 Å². The Morgan fingerprint density at radius 3 is 1.92 bits per heavy atom. The molecule has 8 rings (SSSR count). The molecule has 3 aliphatic rings. The Hall–Kier alpha value is -4.19. The number of hydrogen-bond acceptors (Lipinski definition) is 5. The van der Waals surface area contributed by atoms with Crippen molar-refractivity contribution >= 4 is 55.4 Å². The third-order valence-corrected chi connectivity index (χ3v) is 7.64. The van der Waals surface area contributed by atoms with E-state index in [0.29, 0.717) is 11.1 Å². The second-order valence-corrected chi connectivity index (χ2v) is 10.3. The van der Waals surface area contributed by atoms with E-state index < -0.39 is 5.79 Å². The van der Waals surface area contributed by atoms with Crippen LogP contribution in [-0.2, 0) is 9.47 Å². The molecule has 2 amide bonds. The molecule has 1 aliphatic carbocycles. The number of para-hydroxylation sites is 2. The van der Waals surface area contributed by atoms with Gasteiger partial charge in [-0.1, -0.05) is 36.4 Å². The first-order valence-electron chi connectivity index (χ1n) is 12.4. The minimum absolute atomic E-state index is 0.0185. The number of nitrogens with one attached hydrogen (secondary N) is 3. The molecule has 1 saturated heterocycles. The fourth-order valence-corrected chi connectivity index (χ4v) is 6.18. The zero-order valence-corrected chi connectivity index (χ0v) is 20.3. The highest BCUT2D eigenvalue weighted by Gasteiger charge is 2.49. The Balaban J connectivity index is 0.000000162. The van der Waals surface area contributed by atoms with E-state index in [9.17, 15) is 9.59 Å². The summed E-state index contributed by atoms with van der Waals surface area (Å²) in [6.07, 6.45) is 2.06. The molecule has 2 fully saturated rings. The molecule has 184 valence electrons. The van der Waals surface area contributed by atoms with Crippen LogP contribution in [0.5, 0.6) is 0 Å². The fraction of sp³-hybridized carbons (Fsp3) is 0.276. The number of carbonyl (C=O) groups excluding carboxylic acids is 2. The van der Waals surface area contributed by atoms with Crippen molar-refractivity contribution in [2.45, 2.75) is 44.7 Å². The Labute approximate surface area is 211 Å². The maximum absolute atomic E-state index is 12.6. The monoisotopic (exact) mass is 492 g/mol. The van der Waals surface area contributed by atoms with Gasteiger partial charge in [0, 0.05) is 32.6 Å². The quantitative estimate of drug-likeness (QED) is 0.254. The second-order valence-electron chi connectivity index (χ2n) is 10.3. The van der Waals surface area contributed by atoms with E-state index in [2.05, 4.69) is 21.4 Å². The van der Waals surface area contributed by atoms with Gasteiger partial charge in [0.05, 0.1) is 40.3 Å². The molecule has 2 aromatic heterocycles. The van der Waals surface area contributed by atoms with Gasteiger partial charge in [-0.25, -0.2) is 0 Å². The Morgan fingerprint density at radius 1 is 0.838 bits per heavy atom. The Morgan fingerprint density at radius 2 is 1.38 bits per heavy atom. The van der Waals surface area contributed by atoms with Gasteiger partial charge in [0.2, 0.25) is 0 Å². The number of rotatable bonds is 0. The molecule has 1 saturated carbocycles. The first-order valence-corrected chi connectivity index (χ1v) is 12.4. The van der Waals surface area contributed by atoms with Crippen molar-refractivity contribution in [3.8, 4) is 6.07 Å². The normalized spacial score (nSPS) is 23.8. The zero-order valence-electron chi connectivity index (χ0n) is 20.3. The van der Waals surface area contributed by atoms with Gasteiger partial charge in [-0.2, -0.15) is 5.26 Å². The van der Waals surface area contributed by atoms with Crippen molar-refractivity contribution in [2.75, 3.05) is 0 Å². The topological polar surface area (TPSA) is 120 Å². The summed E-state index contributed by atoms with van der Waals surface area (Å²) in [6, 6.07) is 17.9. The van der Waals surface area contributed by atoms with Gasteiger partial charge < -0.3 is 19.4 Å². The summed E-state index contributed by atoms with van der Waals surface area (Å²) >= 11 is 0. The number of aromatic nitrogens is 2. The molecular formula is C29H24N4O4. The Kier molecular flexibility index (Phi) is 4.56. The van der Waals surface area contributed by atoms with Crippen LogP contribution in [-0.4, -0.2) is 39.8 Å². The molecule has 2 aliphatic heterocycles. The zero-order chi connectivity index (χ0) is 25.5. The average Bonchev–Trinajstić information content (AvgIpc) is 3.65. The number of benzene rings is 3. The first-order chi connectivity index (χ1) is 17.9. The summed E-state index contributed by atoms with van der Waals surface area (Å²) in [4.78, 5) is 32.0. The standard InChI is InChI=1S/C20H11N3O2.C9H13NO2/c24-19-15-13-9-5-1-3-7-11(9)21-17(13)18-14(16(15)20(25)23-19)10-6-2-4-8-12(10)22-18;1-9(2)11-7-4-3-6(5-10)8(7)12-9/h1-8,21-22H,(H,23,24,25);6-8H,3-4H2,1-2H3. The molecule has 0 spiro atoms. The summed E-state index contributed by atoms with van der Waals surface area (Å²) in [5.41, 5.74) is 4.53. The van der Waals surface area contributed by atoms with Crippen molar-refractivity contribution in [3.05, 3.63) is 59.7 Å². The SMILES string of the molecule is CC1(C)OC2CCC(C#N)C2O1.O=C1NC(=O)c2c1c1c3ccccc3[nH]c1c1[nH]c3ccccc3c21. The van der Waals surface area contributed by atoms with Crippen LogP contribution < -0.4 is 5.32 Å². The number of imide groups is 1. The molecular weight excluding hydrogens is 468 g/mol. The summed E-state index contributed by atoms with van der Waals surface area (Å²) in [7, 11) is 0. The van der Waals surface area contributed by atoms with Crippen LogP contribution in [0.2, 0.25) is 0 Å². The van der Waals surface area contributed by atoms with Crippen LogP contribution in [0.25, 0.3) is 43.6 Å². The Bertz CT molecular complexity index is 1720. The minimum atomic E-state index is -0.481. The van der Waals surface area contributed by atoms with Crippen molar-refractivity contribution in [2.24, 2.45) is 5.92 Å². The van der Waals surface area contributed by atoms with Gasteiger partial charge in [-0.05, 0) is 38.8 Å². The van der Waals surface area contributed by atoms with Gasteiger partial charge in [0.15, 0.2) is 5.79 Å². The number of amides is 2. The number of H-pyrrole nitrogens is 2. The molecule has 8 heteroatoms. The van der Waals surface area contributed by atoms with Gasteiger partial charge >= 0.3 is 0 Å². The molecule has 3 atom stereocenters. The third-order valence-electron chi connectivity index (χ3n) is 7.64. The lowest BCUT2D eigenvalue weighted by molar-refractivity contribution is -0.154. The summed E-state index contributed by atoms with van der Waals surface area (Å²) in [5, 5.41) is 14.8. The molecule has 37 heavy (non-hydrogen) atoms. The van der Waals surface area contributed by atoms with E-state index >= 15 is 0 Å². The van der Waals surface area contributed by atoms with Gasteiger partial charge in [0.1, 0.15) is 6.10 Å². The maximum atomic E-state index is 12.6. The van der Waals surface area contributed by atoms with Crippen molar-refractivity contribution in [1.82, 2.24) is 15.3 Å². The predicted molar refractivity (Wildman–Crippen MR) is 139 cm³/mol. The molecule has 8 nitrogen and oxygen atoms in total. The summed E-state index contributed by atoms with van der Waals surface area (Å²) in [6.45, 7) is 3.81. The van der Waals surface area contributed by atoms with Crippen LogP contribution in [0.15, 0.2) is 48.5 Å². The lowest BCUT2D eigenvalue weighted by Crippen LogP contribution is -2.24. The first kappa shape index (κ1) is 22.0. The third kappa shape index (κ3) is 3.14. The van der Waals surface area contributed by atoms with E-state index in [1.54, 1.807) is 0 Å². The number of carbonyl (C=O) groups is 2. The van der Waals surface area contributed by atoms with Gasteiger partial charge in [0.25, 0.3) is 11.8 Å². The number of nitrogens with zero attached hydrogens (tertiary/aromatic N) is 1. The van der Waals surface area contributed by atoms with Crippen LogP contribution in [0.1, 0.15) is 47.4 Å². The lowest BCUT2D eigenvalue weighted by atomic mass is 9.97. The van der Waals surface area contributed by atoms with Crippen molar-refractivity contribution < 1.29 is 19.1 Å². The minimum Gasteiger partial charge on any atom is -0.353 e. The summed E-state index contributed by atoms with van der Waals surface area (Å²) in [5.74, 6) is -1.11. The second kappa shape index (κ2) is 7.65. The summed E-state index contributed by atoms with van der Waals surface area (Å²) < 4.78 is 11.3. The predicted octanol–water partition coefficient (Wildman–Crippen LogP) is 5.28. The van der Waals surface area contributed by atoms with Gasteiger partial charge in [-0.15, -0.1) is 0 Å². The molecule has 3 unspecified atom stereocenters. The number of ether oxygens (including phenoxy) is 2. The highest BCUT2D eigenvalue weighted by molar-refractivity contribution is 6.39. The van der Waals surface area contributed by atoms with Crippen LogP contribution in [0.3, 0.4) is 0 Å². The smallest absolute Gasteiger partial charge is 0.259 e. The van der Waals surface area contributed by atoms with E-state index in [1.807, 2.05) is 62.4 Å². The van der Waals surface area contributed by atoms with Crippen LogP contribution in [0.4, 0.5) is 0 Å². The lowest BCUT2D eigenvalue weighted by Gasteiger charge is -2.18. The molecule has 3 aromatic carbocycles. The number of aromatic amines is 2. The van der Waals surface area contributed by atoms with E-state index in [0.717, 1.165) is 56.5 Å². The maximum Gasteiger partial charge on any atom is 0.259 e. The number of fused-ring (bicyclic) bond motifs is 11. The molecule has 0 bridgehead atoms. The molecule has 3 N–H and O–H groups in total. The number of nitriles is 1. The van der Waals surface area contributed by atoms with Crippen molar-refractivity contribution in [3.63, 3.8) is 0 Å². The van der Waals surface area contributed by atoms with Crippen LogP contribution >= 0.6 is 0 Å². The molecule has 4 heterocycles. The molecule has 5 aromatic rings. The van der Waals surface area contributed by atoms with Crippen LogP contribution in [0, 0.1) is 17.2 Å². The highest BCUT2D eigenvalue weighted by atomic mass is 16.8. The number of hydrogen-bond donors (Lipinski definition) is 3. The average molecular weight is 493 g/mol.